The quantitative estimate of drug-likeness (QED) is 0.268. The minimum absolute atomic E-state index is 0.00876. The molecule has 1 atom stereocenters. The SMILES string of the molecule is CCCCOC(=O)NCN[C@@H](CCCNC(N)=O)C(=O)O. The van der Waals surface area contributed by atoms with Crippen LogP contribution in [0, 0.1) is 0 Å². The fourth-order valence-electron chi connectivity index (χ4n) is 1.44. The van der Waals surface area contributed by atoms with Crippen LogP contribution in [0.1, 0.15) is 32.6 Å². The van der Waals surface area contributed by atoms with Gasteiger partial charge in [0.15, 0.2) is 0 Å². The van der Waals surface area contributed by atoms with Gasteiger partial charge < -0.3 is 26.2 Å². The van der Waals surface area contributed by atoms with Gasteiger partial charge in [0.1, 0.15) is 6.04 Å². The summed E-state index contributed by atoms with van der Waals surface area (Å²) in [7, 11) is 0. The van der Waals surface area contributed by atoms with E-state index in [2.05, 4.69) is 16.0 Å². The van der Waals surface area contributed by atoms with Crippen LogP contribution in [-0.4, -0.2) is 49.1 Å². The normalized spacial score (nSPS) is 11.5. The number of carboxylic acid groups (broad SMARTS) is 1. The second kappa shape index (κ2) is 11.8. The molecule has 0 spiro atoms. The molecule has 0 aliphatic heterocycles. The largest absolute Gasteiger partial charge is 0.480 e. The second-order valence-corrected chi connectivity index (χ2v) is 4.37. The Morgan fingerprint density at radius 1 is 1.24 bits per heavy atom. The first-order chi connectivity index (χ1) is 9.97. The number of hydrogen-bond donors (Lipinski definition) is 5. The van der Waals surface area contributed by atoms with Gasteiger partial charge in [-0.3, -0.25) is 10.1 Å². The van der Waals surface area contributed by atoms with Crippen molar-refractivity contribution in [1.82, 2.24) is 16.0 Å². The second-order valence-electron chi connectivity index (χ2n) is 4.37. The minimum atomic E-state index is -1.03. The zero-order valence-electron chi connectivity index (χ0n) is 12.2. The summed E-state index contributed by atoms with van der Waals surface area (Å²) in [6, 6.07) is -1.47. The Labute approximate surface area is 123 Å². The first-order valence-electron chi connectivity index (χ1n) is 6.87. The highest BCUT2D eigenvalue weighted by atomic mass is 16.5. The van der Waals surface area contributed by atoms with Crippen molar-refractivity contribution in [2.45, 2.75) is 38.6 Å². The van der Waals surface area contributed by atoms with Gasteiger partial charge in [-0.1, -0.05) is 13.3 Å². The number of carbonyl (C=O) groups excluding carboxylic acids is 2. The number of ether oxygens (including phenoxy) is 1. The van der Waals surface area contributed by atoms with Crippen molar-refractivity contribution < 1.29 is 24.2 Å². The van der Waals surface area contributed by atoms with Crippen molar-refractivity contribution >= 4 is 18.1 Å². The van der Waals surface area contributed by atoms with E-state index in [9.17, 15) is 14.4 Å². The van der Waals surface area contributed by atoms with E-state index in [1.165, 1.54) is 0 Å². The Balaban J connectivity index is 3.81. The number of alkyl carbamates (subject to hydrolysis) is 1. The lowest BCUT2D eigenvalue weighted by molar-refractivity contribution is -0.139. The van der Waals surface area contributed by atoms with Crippen LogP contribution < -0.4 is 21.7 Å². The number of amides is 3. The highest BCUT2D eigenvalue weighted by Gasteiger charge is 2.16. The molecule has 0 aliphatic rings. The Kier molecular flexibility index (Phi) is 10.6. The van der Waals surface area contributed by atoms with Crippen LogP contribution >= 0.6 is 0 Å². The molecule has 0 aromatic carbocycles. The molecule has 0 aliphatic carbocycles. The van der Waals surface area contributed by atoms with Gasteiger partial charge >= 0.3 is 18.1 Å². The summed E-state index contributed by atoms with van der Waals surface area (Å²) < 4.78 is 4.85. The van der Waals surface area contributed by atoms with E-state index in [0.29, 0.717) is 26.0 Å². The number of urea groups is 1. The minimum Gasteiger partial charge on any atom is -0.480 e. The van der Waals surface area contributed by atoms with Gasteiger partial charge in [-0.25, -0.2) is 9.59 Å². The van der Waals surface area contributed by atoms with Crippen molar-refractivity contribution in [2.75, 3.05) is 19.8 Å². The predicted molar refractivity (Wildman–Crippen MR) is 75.6 cm³/mol. The molecule has 0 fully saturated rings. The Bertz CT molecular complexity index is 338. The monoisotopic (exact) mass is 304 g/mol. The molecule has 0 heterocycles. The number of carboxylic acids is 1. The lowest BCUT2D eigenvalue weighted by Gasteiger charge is -2.15. The van der Waals surface area contributed by atoms with E-state index in [4.69, 9.17) is 15.6 Å². The number of aliphatic carboxylic acids is 1. The molecule has 21 heavy (non-hydrogen) atoms. The first kappa shape index (κ1) is 19.0. The number of nitrogens with one attached hydrogen (secondary N) is 3. The molecule has 0 rings (SSSR count). The van der Waals surface area contributed by atoms with E-state index in [-0.39, 0.29) is 6.67 Å². The number of primary amides is 1. The van der Waals surface area contributed by atoms with Crippen molar-refractivity contribution in [2.24, 2.45) is 5.73 Å². The fraction of sp³-hybridized carbons (Fsp3) is 0.750. The molecule has 9 heteroatoms. The topological polar surface area (TPSA) is 143 Å². The zero-order chi connectivity index (χ0) is 16.1. The van der Waals surface area contributed by atoms with E-state index < -0.39 is 24.1 Å². The summed E-state index contributed by atoms with van der Waals surface area (Å²) >= 11 is 0. The van der Waals surface area contributed by atoms with Crippen molar-refractivity contribution in [3.8, 4) is 0 Å². The summed E-state index contributed by atoms with van der Waals surface area (Å²) in [4.78, 5) is 32.7. The molecule has 0 aromatic rings. The summed E-state index contributed by atoms with van der Waals surface area (Å²) in [6.07, 6.45) is 1.86. The summed E-state index contributed by atoms with van der Waals surface area (Å²) in [5.41, 5.74) is 4.89. The van der Waals surface area contributed by atoms with Crippen LogP contribution in [0.5, 0.6) is 0 Å². The number of carbonyl (C=O) groups is 3. The molecular formula is C12H24N4O5. The molecule has 0 saturated heterocycles. The summed E-state index contributed by atoms with van der Waals surface area (Å²) in [5, 5.41) is 16.5. The van der Waals surface area contributed by atoms with E-state index in [0.717, 1.165) is 12.8 Å². The number of hydrogen-bond acceptors (Lipinski definition) is 5. The van der Waals surface area contributed by atoms with Crippen LogP contribution in [0.25, 0.3) is 0 Å². The molecule has 0 bridgehead atoms. The highest BCUT2D eigenvalue weighted by molar-refractivity contribution is 5.73. The fourth-order valence-corrected chi connectivity index (χ4v) is 1.44. The molecule has 122 valence electrons. The predicted octanol–water partition coefficient (Wildman–Crippen LogP) is -0.0385. The third-order valence-corrected chi connectivity index (χ3v) is 2.58. The van der Waals surface area contributed by atoms with Crippen LogP contribution in [0.2, 0.25) is 0 Å². The van der Waals surface area contributed by atoms with Gasteiger partial charge in [-0.05, 0) is 19.3 Å². The molecule has 6 N–H and O–H groups in total. The third-order valence-electron chi connectivity index (χ3n) is 2.58. The smallest absolute Gasteiger partial charge is 0.408 e. The molecule has 0 radical (unpaired) electrons. The number of nitrogens with two attached hydrogens (primary N) is 1. The zero-order valence-corrected chi connectivity index (χ0v) is 12.2. The van der Waals surface area contributed by atoms with Crippen LogP contribution in [-0.2, 0) is 9.53 Å². The van der Waals surface area contributed by atoms with Crippen molar-refractivity contribution in [3.63, 3.8) is 0 Å². The molecule has 0 aromatic heterocycles. The number of rotatable bonds is 11. The van der Waals surface area contributed by atoms with Gasteiger partial charge in [0.2, 0.25) is 0 Å². The van der Waals surface area contributed by atoms with E-state index >= 15 is 0 Å². The standard InChI is InChI=1S/C12H24N4O5/c1-2-3-7-21-12(20)16-8-15-9(10(17)18)5-4-6-14-11(13)19/h9,15H,2-8H2,1H3,(H,16,20)(H,17,18)(H3,13,14,19)/t9-/m0/s1. The van der Waals surface area contributed by atoms with Gasteiger partial charge in [0.05, 0.1) is 13.3 Å². The van der Waals surface area contributed by atoms with Gasteiger partial charge in [0, 0.05) is 6.54 Å². The third kappa shape index (κ3) is 11.5. The Morgan fingerprint density at radius 2 is 1.95 bits per heavy atom. The molecule has 9 nitrogen and oxygen atoms in total. The maximum absolute atomic E-state index is 11.2. The van der Waals surface area contributed by atoms with Crippen LogP contribution in [0.4, 0.5) is 9.59 Å². The first-order valence-corrected chi connectivity index (χ1v) is 6.87. The molecule has 0 saturated carbocycles. The summed E-state index contributed by atoms with van der Waals surface area (Å²) in [5.74, 6) is -1.03. The maximum atomic E-state index is 11.2. The Morgan fingerprint density at radius 3 is 2.52 bits per heavy atom. The highest BCUT2D eigenvalue weighted by Crippen LogP contribution is 1.96. The number of unbranched alkanes of at least 4 members (excludes halogenated alkanes) is 1. The van der Waals surface area contributed by atoms with Gasteiger partial charge in [-0.15, -0.1) is 0 Å². The summed E-state index contributed by atoms with van der Waals surface area (Å²) in [6.45, 7) is 2.61. The van der Waals surface area contributed by atoms with Crippen molar-refractivity contribution in [1.29, 1.82) is 0 Å². The Hall–Kier alpha value is -2.03. The van der Waals surface area contributed by atoms with Crippen LogP contribution in [0.15, 0.2) is 0 Å². The maximum Gasteiger partial charge on any atom is 0.408 e. The average Bonchev–Trinajstić information content (AvgIpc) is 2.41. The average molecular weight is 304 g/mol. The van der Waals surface area contributed by atoms with Gasteiger partial charge in [0.25, 0.3) is 0 Å². The van der Waals surface area contributed by atoms with Gasteiger partial charge in [-0.2, -0.15) is 0 Å². The molecule has 0 unspecified atom stereocenters. The molecule has 3 amide bonds. The van der Waals surface area contributed by atoms with E-state index in [1.54, 1.807) is 0 Å². The van der Waals surface area contributed by atoms with Crippen molar-refractivity contribution in [3.05, 3.63) is 0 Å². The molecular weight excluding hydrogens is 280 g/mol. The lowest BCUT2D eigenvalue weighted by Crippen LogP contribution is -2.44. The van der Waals surface area contributed by atoms with E-state index in [1.807, 2.05) is 6.92 Å². The lowest BCUT2D eigenvalue weighted by atomic mass is 10.1. The van der Waals surface area contributed by atoms with Crippen LogP contribution in [0.3, 0.4) is 0 Å².